The van der Waals surface area contributed by atoms with Gasteiger partial charge in [-0.15, -0.1) is 11.3 Å². The van der Waals surface area contributed by atoms with Crippen molar-refractivity contribution >= 4 is 17.2 Å². The average molecular weight is 317 g/mol. The summed E-state index contributed by atoms with van der Waals surface area (Å²) >= 11 is 1.64. The Balaban J connectivity index is 2.06. The molecular formula is C17H23N3OS. The fourth-order valence-corrected chi connectivity index (χ4v) is 3.33. The van der Waals surface area contributed by atoms with Crippen molar-refractivity contribution in [3.05, 3.63) is 40.9 Å². The predicted octanol–water partition coefficient (Wildman–Crippen LogP) is 3.42. The van der Waals surface area contributed by atoms with Crippen molar-refractivity contribution in [2.24, 2.45) is 5.73 Å². The molecule has 0 saturated heterocycles. The van der Waals surface area contributed by atoms with E-state index in [1.807, 2.05) is 51.1 Å². The molecule has 0 aliphatic carbocycles. The highest BCUT2D eigenvalue weighted by atomic mass is 32.1. The summed E-state index contributed by atoms with van der Waals surface area (Å²) in [5.41, 5.74) is 7.77. The second-order valence-corrected chi connectivity index (χ2v) is 6.67. The Morgan fingerprint density at radius 2 is 2.00 bits per heavy atom. The zero-order chi connectivity index (χ0) is 16.1. The van der Waals surface area contributed by atoms with Crippen LogP contribution in [0.1, 0.15) is 43.3 Å². The van der Waals surface area contributed by atoms with Crippen LogP contribution in [-0.4, -0.2) is 16.9 Å². The lowest BCUT2D eigenvalue weighted by molar-refractivity contribution is -0.121. The van der Waals surface area contributed by atoms with Crippen molar-refractivity contribution in [1.29, 1.82) is 0 Å². The molecule has 1 aromatic carbocycles. The Morgan fingerprint density at radius 3 is 2.64 bits per heavy atom. The molecule has 1 heterocycles. The zero-order valence-corrected chi connectivity index (χ0v) is 14.1. The van der Waals surface area contributed by atoms with E-state index in [0.29, 0.717) is 12.8 Å². The van der Waals surface area contributed by atoms with E-state index in [1.165, 1.54) is 0 Å². The zero-order valence-electron chi connectivity index (χ0n) is 13.3. The summed E-state index contributed by atoms with van der Waals surface area (Å²) in [4.78, 5) is 17.7. The highest BCUT2D eigenvalue weighted by Gasteiger charge is 2.17. The topological polar surface area (TPSA) is 68.0 Å². The lowest BCUT2D eigenvalue weighted by atomic mass is 10.1. The minimum absolute atomic E-state index is 0.0319. The van der Waals surface area contributed by atoms with Crippen LogP contribution in [0, 0.1) is 6.92 Å². The summed E-state index contributed by atoms with van der Waals surface area (Å²) in [6, 6.07) is 10.1. The van der Waals surface area contributed by atoms with Gasteiger partial charge in [0, 0.05) is 18.0 Å². The van der Waals surface area contributed by atoms with Gasteiger partial charge in [-0.05, 0) is 27.2 Å². The van der Waals surface area contributed by atoms with Crippen LogP contribution in [0.2, 0.25) is 0 Å². The molecule has 3 N–H and O–H groups in total. The highest BCUT2D eigenvalue weighted by molar-refractivity contribution is 7.15. The molecule has 1 aromatic heterocycles. The quantitative estimate of drug-likeness (QED) is 0.857. The second kappa shape index (κ2) is 7.51. The fraction of sp³-hybridized carbons (Fsp3) is 0.412. The van der Waals surface area contributed by atoms with Crippen LogP contribution in [0.3, 0.4) is 0 Å². The van der Waals surface area contributed by atoms with Gasteiger partial charge in [0.2, 0.25) is 5.91 Å². The summed E-state index contributed by atoms with van der Waals surface area (Å²) in [6.07, 6.45) is 1.17. The van der Waals surface area contributed by atoms with E-state index in [2.05, 4.69) is 10.3 Å². The largest absolute Gasteiger partial charge is 0.349 e. The molecule has 5 heteroatoms. The van der Waals surface area contributed by atoms with Crippen LogP contribution in [0.15, 0.2) is 30.3 Å². The number of aryl methyl sites for hydroxylation is 1. The van der Waals surface area contributed by atoms with E-state index < -0.39 is 0 Å². The van der Waals surface area contributed by atoms with Crippen molar-refractivity contribution in [1.82, 2.24) is 10.3 Å². The number of thiazole rings is 1. The number of benzene rings is 1. The standard InChI is InChI=1S/C17H23N3OS/c1-11(18)9-10-15(21)19-12(2)16-13(3)20-17(22-16)14-7-5-4-6-8-14/h4-8,11-12H,9-10,18H2,1-3H3,(H,19,21). The molecule has 0 fully saturated rings. The van der Waals surface area contributed by atoms with Crippen molar-refractivity contribution < 1.29 is 4.79 Å². The van der Waals surface area contributed by atoms with Gasteiger partial charge in [0.1, 0.15) is 5.01 Å². The third kappa shape index (κ3) is 4.39. The van der Waals surface area contributed by atoms with Crippen molar-refractivity contribution in [3.63, 3.8) is 0 Å². The number of hydrogen-bond acceptors (Lipinski definition) is 4. The SMILES string of the molecule is Cc1nc(-c2ccccc2)sc1C(C)NC(=O)CCC(C)N. The molecule has 22 heavy (non-hydrogen) atoms. The first-order valence-electron chi connectivity index (χ1n) is 7.55. The summed E-state index contributed by atoms with van der Waals surface area (Å²) in [5.74, 6) is 0.0406. The Hall–Kier alpha value is -1.72. The monoisotopic (exact) mass is 317 g/mol. The number of rotatable bonds is 6. The molecule has 2 aromatic rings. The Labute approximate surface area is 135 Å². The molecule has 1 amide bonds. The first kappa shape index (κ1) is 16.6. The van der Waals surface area contributed by atoms with Crippen LogP contribution in [0.5, 0.6) is 0 Å². The van der Waals surface area contributed by atoms with E-state index >= 15 is 0 Å². The van der Waals surface area contributed by atoms with Gasteiger partial charge in [-0.1, -0.05) is 30.3 Å². The van der Waals surface area contributed by atoms with E-state index in [-0.39, 0.29) is 18.0 Å². The van der Waals surface area contributed by atoms with Crippen LogP contribution in [0.25, 0.3) is 10.6 Å². The molecule has 2 rings (SSSR count). The number of carbonyl (C=O) groups is 1. The number of carbonyl (C=O) groups excluding carboxylic acids is 1. The van der Waals surface area contributed by atoms with Crippen LogP contribution in [-0.2, 0) is 4.79 Å². The lowest BCUT2D eigenvalue weighted by Crippen LogP contribution is -2.28. The highest BCUT2D eigenvalue weighted by Crippen LogP contribution is 2.31. The van der Waals surface area contributed by atoms with Gasteiger partial charge in [0.05, 0.1) is 16.6 Å². The number of nitrogens with two attached hydrogens (primary N) is 1. The third-order valence-corrected chi connectivity index (χ3v) is 4.84. The summed E-state index contributed by atoms with van der Waals surface area (Å²) < 4.78 is 0. The van der Waals surface area contributed by atoms with Gasteiger partial charge in [0.25, 0.3) is 0 Å². The number of amides is 1. The number of nitrogens with zero attached hydrogens (tertiary/aromatic N) is 1. The predicted molar refractivity (Wildman–Crippen MR) is 91.7 cm³/mol. The minimum Gasteiger partial charge on any atom is -0.349 e. The maximum Gasteiger partial charge on any atom is 0.220 e. The first-order valence-corrected chi connectivity index (χ1v) is 8.36. The average Bonchev–Trinajstić information content (AvgIpc) is 2.88. The van der Waals surface area contributed by atoms with Gasteiger partial charge in [-0.2, -0.15) is 0 Å². The minimum atomic E-state index is -0.0319. The molecule has 0 saturated carbocycles. The van der Waals surface area contributed by atoms with E-state index in [9.17, 15) is 4.79 Å². The maximum atomic E-state index is 11.9. The van der Waals surface area contributed by atoms with Gasteiger partial charge in [-0.25, -0.2) is 4.98 Å². The second-order valence-electron chi connectivity index (χ2n) is 5.64. The number of aromatic nitrogens is 1. The van der Waals surface area contributed by atoms with Gasteiger partial charge in [-0.3, -0.25) is 4.79 Å². The third-order valence-electron chi connectivity index (χ3n) is 3.45. The summed E-state index contributed by atoms with van der Waals surface area (Å²) in [6.45, 7) is 5.90. The van der Waals surface area contributed by atoms with Crippen LogP contribution >= 0.6 is 11.3 Å². The molecule has 0 aliphatic heterocycles. The van der Waals surface area contributed by atoms with Crippen LogP contribution in [0.4, 0.5) is 0 Å². The van der Waals surface area contributed by atoms with Crippen molar-refractivity contribution in [3.8, 4) is 10.6 Å². The first-order chi connectivity index (χ1) is 10.5. The number of hydrogen-bond donors (Lipinski definition) is 2. The molecule has 0 spiro atoms. The fourth-order valence-electron chi connectivity index (χ4n) is 2.25. The van der Waals surface area contributed by atoms with E-state index in [1.54, 1.807) is 11.3 Å². The molecule has 2 unspecified atom stereocenters. The molecule has 2 atom stereocenters. The molecule has 0 radical (unpaired) electrons. The maximum absolute atomic E-state index is 11.9. The smallest absolute Gasteiger partial charge is 0.220 e. The summed E-state index contributed by atoms with van der Waals surface area (Å²) in [7, 11) is 0. The molecule has 118 valence electrons. The summed E-state index contributed by atoms with van der Waals surface area (Å²) in [5, 5.41) is 4.02. The Bertz CT molecular complexity index is 622. The van der Waals surface area contributed by atoms with E-state index in [4.69, 9.17) is 5.73 Å². The van der Waals surface area contributed by atoms with Crippen LogP contribution < -0.4 is 11.1 Å². The molecule has 0 aliphatic rings. The normalized spacial score (nSPS) is 13.6. The van der Waals surface area contributed by atoms with Gasteiger partial charge >= 0.3 is 0 Å². The van der Waals surface area contributed by atoms with Crippen molar-refractivity contribution in [2.75, 3.05) is 0 Å². The molecule has 0 bridgehead atoms. The lowest BCUT2D eigenvalue weighted by Gasteiger charge is -2.13. The molecule has 4 nitrogen and oxygen atoms in total. The Morgan fingerprint density at radius 1 is 1.32 bits per heavy atom. The number of nitrogens with one attached hydrogen (secondary N) is 1. The van der Waals surface area contributed by atoms with Gasteiger partial charge < -0.3 is 11.1 Å². The Kier molecular flexibility index (Phi) is 5.69. The van der Waals surface area contributed by atoms with Crippen molar-refractivity contribution in [2.45, 2.75) is 45.7 Å². The van der Waals surface area contributed by atoms with Gasteiger partial charge in [0.15, 0.2) is 0 Å². The molecular weight excluding hydrogens is 294 g/mol. The van der Waals surface area contributed by atoms with E-state index in [0.717, 1.165) is 21.1 Å².